The van der Waals surface area contributed by atoms with Crippen molar-refractivity contribution < 1.29 is 5.11 Å². The number of hydrogen-bond donors (Lipinski definition) is 1. The SMILES string of the molecule is Cc1nn(C)c(Cl)c1C(O)Cc1csc2ccccc12. The van der Waals surface area contributed by atoms with Crippen molar-refractivity contribution in [1.29, 1.82) is 0 Å². The first-order valence-electron chi connectivity index (χ1n) is 6.40. The van der Waals surface area contributed by atoms with Crippen molar-refractivity contribution in [3.63, 3.8) is 0 Å². The van der Waals surface area contributed by atoms with Gasteiger partial charge in [-0.3, -0.25) is 4.68 Å². The smallest absolute Gasteiger partial charge is 0.132 e. The molecule has 0 spiro atoms. The van der Waals surface area contributed by atoms with Crippen LogP contribution in [0.2, 0.25) is 5.15 Å². The molecule has 0 fully saturated rings. The Kier molecular flexibility index (Phi) is 3.54. The number of nitrogens with zero attached hydrogens (tertiary/aromatic N) is 2. The zero-order valence-corrected chi connectivity index (χ0v) is 12.9. The zero-order valence-electron chi connectivity index (χ0n) is 11.3. The third-order valence-electron chi connectivity index (χ3n) is 3.50. The summed E-state index contributed by atoms with van der Waals surface area (Å²) in [5.41, 5.74) is 2.66. The highest BCUT2D eigenvalue weighted by atomic mass is 35.5. The molecule has 0 aliphatic rings. The number of fused-ring (bicyclic) bond motifs is 1. The maximum absolute atomic E-state index is 10.5. The van der Waals surface area contributed by atoms with E-state index in [1.165, 1.54) is 10.1 Å². The van der Waals surface area contributed by atoms with E-state index in [9.17, 15) is 5.11 Å². The summed E-state index contributed by atoms with van der Waals surface area (Å²) in [5.74, 6) is 0. The van der Waals surface area contributed by atoms with Gasteiger partial charge >= 0.3 is 0 Å². The second-order valence-corrected chi connectivity index (χ2v) is 6.16. The molecule has 0 aliphatic carbocycles. The lowest BCUT2D eigenvalue weighted by Crippen LogP contribution is -2.03. The van der Waals surface area contributed by atoms with Crippen LogP contribution in [0, 0.1) is 6.92 Å². The first-order valence-corrected chi connectivity index (χ1v) is 7.66. The second-order valence-electron chi connectivity index (χ2n) is 4.89. The Morgan fingerprint density at radius 1 is 1.40 bits per heavy atom. The molecule has 2 aromatic heterocycles. The summed E-state index contributed by atoms with van der Waals surface area (Å²) >= 11 is 7.91. The van der Waals surface area contributed by atoms with Crippen molar-refractivity contribution in [2.75, 3.05) is 0 Å². The lowest BCUT2D eigenvalue weighted by atomic mass is 10.0. The van der Waals surface area contributed by atoms with Gasteiger partial charge in [-0.05, 0) is 29.3 Å². The van der Waals surface area contributed by atoms with E-state index < -0.39 is 6.10 Å². The van der Waals surface area contributed by atoms with E-state index in [2.05, 4.69) is 22.6 Å². The molecule has 104 valence electrons. The summed E-state index contributed by atoms with van der Waals surface area (Å²) in [6.45, 7) is 1.87. The average Bonchev–Trinajstić information content (AvgIpc) is 2.92. The van der Waals surface area contributed by atoms with Crippen LogP contribution in [0.15, 0.2) is 29.6 Å². The predicted molar refractivity (Wildman–Crippen MR) is 83.4 cm³/mol. The molecule has 3 nitrogen and oxygen atoms in total. The first kappa shape index (κ1) is 13.6. The number of thiophene rings is 1. The van der Waals surface area contributed by atoms with Crippen molar-refractivity contribution in [1.82, 2.24) is 9.78 Å². The van der Waals surface area contributed by atoms with E-state index in [0.29, 0.717) is 11.6 Å². The van der Waals surface area contributed by atoms with Crippen LogP contribution in [0.3, 0.4) is 0 Å². The molecule has 5 heteroatoms. The third-order valence-corrected chi connectivity index (χ3v) is 4.96. The Labute approximate surface area is 126 Å². The van der Waals surface area contributed by atoms with Gasteiger partial charge in [-0.2, -0.15) is 5.10 Å². The van der Waals surface area contributed by atoms with Gasteiger partial charge in [0.1, 0.15) is 5.15 Å². The minimum Gasteiger partial charge on any atom is -0.388 e. The highest BCUT2D eigenvalue weighted by molar-refractivity contribution is 7.17. The van der Waals surface area contributed by atoms with E-state index in [0.717, 1.165) is 16.8 Å². The van der Waals surface area contributed by atoms with Gasteiger partial charge in [0.25, 0.3) is 0 Å². The molecule has 1 atom stereocenters. The van der Waals surface area contributed by atoms with Crippen LogP contribution in [0.25, 0.3) is 10.1 Å². The zero-order chi connectivity index (χ0) is 14.3. The Morgan fingerprint density at radius 3 is 2.85 bits per heavy atom. The molecule has 0 radical (unpaired) electrons. The normalized spacial score (nSPS) is 13.0. The molecular weight excluding hydrogens is 292 g/mol. The van der Waals surface area contributed by atoms with Crippen molar-refractivity contribution in [3.05, 3.63) is 51.6 Å². The van der Waals surface area contributed by atoms with E-state index in [1.54, 1.807) is 23.1 Å². The summed E-state index contributed by atoms with van der Waals surface area (Å²) in [6.07, 6.45) is -0.0785. The van der Waals surface area contributed by atoms with Crippen LogP contribution in [0.4, 0.5) is 0 Å². The molecule has 0 saturated carbocycles. The maximum atomic E-state index is 10.5. The molecule has 3 aromatic rings. The van der Waals surface area contributed by atoms with E-state index in [4.69, 9.17) is 11.6 Å². The molecule has 2 heterocycles. The Hall–Kier alpha value is -1.36. The van der Waals surface area contributed by atoms with Crippen molar-refractivity contribution >= 4 is 33.0 Å². The Balaban J connectivity index is 1.94. The topological polar surface area (TPSA) is 38.0 Å². The van der Waals surface area contributed by atoms with E-state index in [-0.39, 0.29) is 0 Å². The van der Waals surface area contributed by atoms with Crippen LogP contribution in [0.5, 0.6) is 0 Å². The van der Waals surface area contributed by atoms with Gasteiger partial charge in [0.15, 0.2) is 0 Å². The fourth-order valence-electron chi connectivity index (χ4n) is 2.53. The largest absolute Gasteiger partial charge is 0.388 e. The number of hydrogen-bond acceptors (Lipinski definition) is 3. The first-order chi connectivity index (χ1) is 9.58. The molecule has 20 heavy (non-hydrogen) atoms. The van der Waals surface area contributed by atoms with Crippen molar-refractivity contribution in [2.24, 2.45) is 7.05 Å². The number of benzene rings is 1. The number of aliphatic hydroxyl groups excluding tert-OH is 1. The summed E-state index contributed by atoms with van der Waals surface area (Å²) in [7, 11) is 1.78. The molecule has 0 aliphatic heterocycles. The van der Waals surface area contributed by atoms with Gasteiger partial charge in [-0.15, -0.1) is 11.3 Å². The maximum Gasteiger partial charge on any atom is 0.132 e. The van der Waals surface area contributed by atoms with Crippen LogP contribution < -0.4 is 0 Å². The summed E-state index contributed by atoms with van der Waals surface area (Å²) in [4.78, 5) is 0. The highest BCUT2D eigenvalue weighted by Gasteiger charge is 2.20. The van der Waals surface area contributed by atoms with Crippen LogP contribution >= 0.6 is 22.9 Å². The molecule has 0 saturated heterocycles. The quantitative estimate of drug-likeness (QED) is 0.797. The summed E-state index contributed by atoms with van der Waals surface area (Å²) in [5, 5.41) is 18.6. The fraction of sp³-hybridized carbons (Fsp3) is 0.267. The molecular formula is C15H15ClN2OS. The molecule has 0 amide bonds. The number of aromatic nitrogens is 2. The number of rotatable bonds is 3. The number of aryl methyl sites for hydroxylation is 2. The minimum absolute atomic E-state index is 0.509. The number of halogens is 1. The van der Waals surface area contributed by atoms with Gasteiger partial charge in [-0.25, -0.2) is 0 Å². The fourth-order valence-corrected chi connectivity index (χ4v) is 3.80. The molecule has 1 unspecified atom stereocenters. The van der Waals surface area contributed by atoms with Gasteiger partial charge in [-0.1, -0.05) is 29.8 Å². The Morgan fingerprint density at radius 2 is 2.15 bits per heavy atom. The van der Waals surface area contributed by atoms with Gasteiger partial charge in [0.05, 0.1) is 11.8 Å². The van der Waals surface area contributed by atoms with Gasteiger partial charge < -0.3 is 5.11 Å². The predicted octanol–water partition coefficient (Wildman–Crippen LogP) is 3.87. The second kappa shape index (κ2) is 5.20. The monoisotopic (exact) mass is 306 g/mol. The summed E-state index contributed by atoms with van der Waals surface area (Å²) in [6, 6.07) is 8.23. The molecule has 3 rings (SSSR count). The van der Waals surface area contributed by atoms with E-state index >= 15 is 0 Å². The average molecular weight is 307 g/mol. The minimum atomic E-state index is -0.630. The Bertz CT molecular complexity index is 762. The third kappa shape index (κ3) is 2.24. The van der Waals surface area contributed by atoms with Gasteiger partial charge in [0, 0.05) is 23.7 Å². The number of aliphatic hydroxyl groups is 1. The summed E-state index contributed by atoms with van der Waals surface area (Å²) < 4.78 is 2.84. The lowest BCUT2D eigenvalue weighted by molar-refractivity contribution is 0.178. The van der Waals surface area contributed by atoms with Crippen molar-refractivity contribution in [2.45, 2.75) is 19.4 Å². The van der Waals surface area contributed by atoms with Crippen molar-refractivity contribution in [3.8, 4) is 0 Å². The van der Waals surface area contributed by atoms with Crippen LogP contribution in [0.1, 0.15) is 22.9 Å². The van der Waals surface area contributed by atoms with Gasteiger partial charge in [0.2, 0.25) is 0 Å². The van der Waals surface area contributed by atoms with Crippen LogP contribution in [-0.4, -0.2) is 14.9 Å². The molecule has 0 bridgehead atoms. The highest BCUT2D eigenvalue weighted by Crippen LogP contribution is 2.32. The molecule has 1 N–H and O–H groups in total. The van der Waals surface area contributed by atoms with E-state index in [1.807, 2.05) is 19.1 Å². The molecule has 1 aromatic carbocycles. The lowest BCUT2D eigenvalue weighted by Gasteiger charge is -2.10. The standard InChI is InChI=1S/C15H15ClN2OS/c1-9-14(15(16)18(2)17-9)12(19)7-10-8-20-13-6-4-3-5-11(10)13/h3-6,8,12,19H,7H2,1-2H3. The van der Waals surface area contributed by atoms with Crippen LogP contribution in [-0.2, 0) is 13.5 Å².